The van der Waals surface area contributed by atoms with Gasteiger partial charge in [0, 0.05) is 19.2 Å². The van der Waals surface area contributed by atoms with Crippen molar-refractivity contribution in [1.29, 1.82) is 0 Å². The van der Waals surface area contributed by atoms with Crippen LogP contribution in [0, 0.1) is 0 Å². The third kappa shape index (κ3) is 13.4. The molecule has 1 heterocycles. The molecule has 4 heteroatoms. The maximum Gasteiger partial charge on any atom is 0.139 e. The molecule has 178 valence electrons. The van der Waals surface area contributed by atoms with E-state index in [4.69, 9.17) is 9.47 Å². The van der Waals surface area contributed by atoms with Crippen LogP contribution in [-0.2, 0) is 9.47 Å². The van der Waals surface area contributed by atoms with Gasteiger partial charge in [-0.3, -0.25) is 4.90 Å². The number of methoxy groups -OCH3 is 1. The van der Waals surface area contributed by atoms with Crippen molar-refractivity contribution in [2.45, 2.75) is 141 Å². The summed E-state index contributed by atoms with van der Waals surface area (Å²) in [7, 11) is 4.04. The summed E-state index contributed by atoms with van der Waals surface area (Å²) in [4.78, 5) is 2.77. The van der Waals surface area contributed by atoms with E-state index in [0.29, 0.717) is 12.0 Å². The molecule has 1 fully saturated rings. The summed E-state index contributed by atoms with van der Waals surface area (Å²) in [6.45, 7) is 7.82. The van der Waals surface area contributed by atoms with Crippen LogP contribution in [0.4, 0.5) is 0 Å². The lowest BCUT2D eigenvalue weighted by Crippen LogP contribution is -2.43. The van der Waals surface area contributed by atoms with E-state index in [2.05, 4.69) is 26.6 Å². The van der Waals surface area contributed by atoms with Gasteiger partial charge in [-0.25, -0.2) is 0 Å². The Bertz CT molecular complexity index is 349. The molecule has 0 aromatic rings. The van der Waals surface area contributed by atoms with Crippen LogP contribution in [0.25, 0.3) is 0 Å². The van der Waals surface area contributed by atoms with Gasteiger partial charge in [0.1, 0.15) is 7.85 Å². The van der Waals surface area contributed by atoms with E-state index in [1.54, 1.807) is 0 Å². The van der Waals surface area contributed by atoms with E-state index < -0.39 is 0 Å². The molecule has 0 N–H and O–H groups in total. The van der Waals surface area contributed by atoms with E-state index in [1.165, 1.54) is 122 Å². The van der Waals surface area contributed by atoms with Gasteiger partial charge in [0.25, 0.3) is 0 Å². The topological polar surface area (TPSA) is 21.7 Å². The van der Waals surface area contributed by atoms with Gasteiger partial charge < -0.3 is 9.47 Å². The maximum absolute atomic E-state index is 6.19. The van der Waals surface area contributed by atoms with Gasteiger partial charge in [0.05, 0.1) is 12.7 Å². The third-order valence-corrected chi connectivity index (χ3v) is 6.81. The molecule has 1 unspecified atom stereocenters. The average molecular weight is 424 g/mol. The van der Waals surface area contributed by atoms with Crippen LogP contribution in [-0.4, -0.2) is 57.7 Å². The fraction of sp³-hybridized carbons (Fsp3) is 1.00. The lowest BCUT2D eigenvalue weighted by atomic mass is 9.93. The van der Waals surface area contributed by atoms with Gasteiger partial charge in [0.2, 0.25) is 0 Å². The summed E-state index contributed by atoms with van der Waals surface area (Å²) in [5.74, 6) is 0. The second-order valence-corrected chi connectivity index (χ2v) is 9.73. The van der Waals surface area contributed by atoms with Gasteiger partial charge >= 0.3 is 0 Å². The first-order valence-corrected chi connectivity index (χ1v) is 13.6. The van der Waals surface area contributed by atoms with E-state index in [9.17, 15) is 0 Å². The van der Waals surface area contributed by atoms with Crippen molar-refractivity contribution in [2.24, 2.45) is 0 Å². The quantitative estimate of drug-likeness (QED) is 0.159. The molecule has 0 bridgehead atoms. The smallest absolute Gasteiger partial charge is 0.139 e. The molecule has 1 rings (SSSR count). The second kappa shape index (κ2) is 19.6. The van der Waals surface area contributed by atoms with Crippen LogP contribution in [0.15, 0.2) is 0 Å². The first kappa shape index (κ1) is 28.0. The molecule has 30 heavy (non-hydrogen) atoms. The van der Waals surface area contributed by atoms with Crippen LogP contribution in [0.1, 0.15) is 123 Å². The summed E-state index contributed by atoms with van der Waals surface area (Å²) in [6, 6.07) is 0.920. The van der Waals surface area contributed by atoms with E-state index >= 15 is 0 Å². The van der Waals surface area contributed by atoms with Gasteiger partial charge in [-0.05, 0) is 32.4 Å². The van der Waals surface area contributed by atoms with E-state index in [0.717, 1.165) is 6.61 Å². The normalized spacial score (nSPS) is 21.7. The number of hydrogen-bond donors (Lipinski definition) is 0. The molecule has 1 aliphatic rings. The number of hydrogen-bond acceptors (Lipinski definition) is 3. The summed E-state index contributed by atoms with van der Waals surface area (Å²) in [6.07, 6.45) is 23.8. The highest BCUT2D eigenvalue weighted by Crippen LogP contribution is 2.25. The van der Waals surface area contributed by atoms with Gasteiger partial charge in [0.15, 0.2) is 0 Å². The monoisotopic (exact) mass is 423 g/mol. The molecular weight excluding hydrogens is 369 g/mol. The summed E-state index contributed by atoms with van der Waals surface area (Å²) in [5, 5.41) is 0. The van der Waals surface area contributed by atoms with Crippen LogP contribution in [0.5, 0.6) is 0 Å². The van der Waals surface area contributed by atoms with Crippen LogP contribution in [0.2, 0.25) is 0 Å². The molecule has 1 saturated heterocycles. The zero-order chi connectivity index (χ0) is 21.9. The van der Waals surface area contributed by atoms with Crippen LogP contribution >= 0.6 is 0 Å². The molecule has 0 aliphatic carbocycles. The Balaban J connectivity index is 2.32. The molecule has 0 spiro atoms. The average Bonchev–Trinajstić information content (AvgIpc) is 3.10. The van der Waals surface area contributed by atoms with Crippen LogP contribution in [0.3, 0.4) is 0 Å². The SMILES string of the molecule is B[C@H]1CC(N(CCCCCCCCCC)CCCCCCCCCC)[C@@H](COC)O1. The Hall–Kier alpha value is -0.0551. The van der Waals surface area contributed by atoms with Crippen molar-refractivity contribution in [3.8, 4) is 0 Å². The summed E-state index contributed by atoms with van der Waals surface area (Å²) in [5.41, 5.74) is 0. The molecule has 1 aliphatic heterocycles. The molecule has 0 aromatic carbocycles. The molecule has 3 nitrogen and oxygen atoms in total. The highest BCUT2D eigenvalue weighted by atomic mass is 16.5. The first-order valence-electron chi connectivity index (χ1n) is 13.6. The first-order chi connectivity index (χ1) is 14.7. The van der Waals surface area contributed by atoms with Gasteiger partial charge in [-0.1, -0.05) is 104 Å². The molecule has 0 aromatic heterocycles. The van der Waals surface area contributed by atoms with Crippen molar-refractivity contribution in [1.82, 2.24) is 4.90 Å². The number of ether oxygens (including phenoxy) is 2. The zero-order valence-electron chi connectivity index (χ0n) is 21.1. The van der Waals surface area contributed by atoms with Crippen LogP contribution < -0.4 is 0 Å². The summed E-state index contributed by atoms with van der Waals surface area (Å²) < 4.78 is 11.7. The van der Waals surface area contributed by atoms with E-state index in [-0.39, 0.29) is 6.10 Å². The van der Waals surface area contributed by atoms with Crippen molar-refractivity contribution in [2.75, 3.05) is 26.8 Å². The third-order valence-electron chi connectivity index (χ3n) is 6.81. The predicted molar refractivity (Wildman–Crippen MR) is 134 cm³/mol. The highest BCUT2D eigenvalue weighted by molar-refractivity contribution is 6.11. The van der Waals surface area contributed by atoms with E-state index in [1.807, 2.05) is 7.11 Å². The second-order valence-electron chi connectivity index (χ2n) is 9.73. The fourth-order valence-electron chi connectivity index (χ4n) is 4.98. The maximum atomic E-state index is 6.19. The van der Waals surface area contributed by atoms with Crippen molar-refractivity contribution < 1.29 is 9.47 Å². The van der Waals surface area contributed by atoms with Gasteiger partial charge in [-0.15, -0.1) is 0 Å². The van der Waals surface area contributed by atoms with Crippen molar-refractivity contribution in [3.63, 3.8) is 0 Å². The minimum Gasteiger partial charge on any atom is -0.382 e. The minimum atomic E-state index is 0.257. The molecule has 0 saturated carbocycles. The lowest BCUT2D eigenvalue weighted by molar-refractivity contribution is -0.00536. The molecule has 0 radical (unpaired) electrons. The molecular formula is C26H54BNO2. The number of unbranched alkanes of at least 4 members (excludes halogenated alkanes) is 14. The highest BCUT2D eigenvalue weighted by Gasteiger charge is 2.36. The standard InChI is InChI=1S/C26H54BNO2/c1-4-6-8-10-12-14-16-18-20-28(21-19-17-15-13-11-9-7-5-2)24-22-26(27)30-25(24)23-29-3/h24-26H,4-23,27H2,1-3H3/t24?,25-,26-/m1/s1. The Morgan fingerprint density at radius 1 is 0.733 bits per heavy atom. The van der Waals surface area contributed by atoms with Crippen molar-refractivity contribution in [3.05, 3.63) is 0 Å². The fourth-order valence-corrected chi connectivity index (χ4v) is 4.98. The zero-order valence-corrected chi connectivity index (χ0v) is 21.1. The largest absolute Gasteiger partial charge is 0.382 e. The molecule has 0 amide bonds. The Labute approximate surface area is 190 Å². The Kier molecular flexibility index (Phi) is 18.3. The molecule has 3 atom stereocenters. The number of nitrogens with zero attached hydrogens (tertiary/aromatic N) is 1. The number of rotatable bonds is 21. The van der Waals surface area contributed by atoms with Gasteiger partial charge in [-0.2, -0.15) is 0 Å². The Morgan fingerprint density at radius 3 is 1.60 bits per heavy atom. The lowest BCUT2D eigenvalue weighted by Gasteiger charge is -2.32. The summed E-state index contributed by atoms with van der Waals surface area (Å²) >= 11 is 0. The Morgan fingerprint density at radius 2 is 1.17 bits per heavy atom. The minimum absolute atomic E-state index is 0.257. The predicted octanol–water partition coefficient (Wildman–Crippen LogP) is 6.33. The van der Waals surface area contributed by atoms with Crippen molar-refractivity contribution >= 4 is 7.85 Å².